The van der Waals surface area contributed by atoms with Crippen LogP contribution in [0.25, 0.3) is 0 Å². The second-order valence-corrected chi connectivity index (χ2v) is 16.5. The summed E-state index contributed by atoms with van der Waals surface area (Å²) in [4.78, 5) is 31.7. The van der Waals surface area contributed by atoms with Gasteiger partial charge in [-0.2, -0.15) is 10.2 Å². The molecule has 8 heteroatoms. The van der Waals surface area contributed by atoms with Crippen molar-refractivity contribution in [2.45, 2.75) is 61.4 Å². The molecule has 4 aliphatic rings. The minimum atomic E-state index is -1.23. The molecule has 0 saturated carbocycles. The molecule has 2 spiro atoms. The van der Waals surface area contributed by atoms with E-state index in [0.717, 1.165) is 59.3 Å². The van der Waals surface area contributed by atoms with E-state index in [2.05, 4.69) is 12.1 Å². The van der Waals surface area contributed by atoms with Crippen molar-refractivity contribution in [3.63, 3.8) is 0 Å². The number of ketones is 2. The Morgan fingerprint density at radius 2 is 0.828 bits per heavy atom. The molecule has 0 bridgehead atoms. The normalized spacial score (nSPS) is 24.0. The number of hydrogen-bond donors (Lipinski definition) is 0. The number of benzene rings is 6. The molecule has 6 aromatic carbocycles. The van der Waals surface area contributed by atoms with Gasteiger partial charge in [-0.3, -0.25) is 19.6 Å². The maximum absolute atomic E-state index is 15.8. The number of rotatable bonds is 5. The van der Waals surface area contributed by atoms with Gasteiger partial charge in [0.2, 0.25) is 0 Å². The highest BCUT2D eigenvalue weighted by molar-refractivity contribution is 6.51. The van der Waals surface area contributed by atoms with Crippen LogP contribution in [0.5, 0.6) is 0 Å². The molecule has 2 aliphatic carbocycles. The summed E-state index contributed by atoms with van der Waals surface area (Å²) in [6, 6.07) is 51.3. The van der Waals surface area contributed by atoms with Crippen LogP contribution in [0, 0.1) is 0 Å². The molecule has 10 rings (SSSR count). The van der Waals surface area contributed by atoms with Crippen molar-refractivity contribution in [3.05, 3.63) is 201 Å². The van der Waals surface area contributed by atoms with Gasteiger partial charge in [0.05, 0.1) is 34.6 Å². The minimum Gasteiger partial charge on any atom is -0.291 e. The quantitative estimate of drug-likeness (QED) is 0.174. The number of halogens is 2. The summed E-state index contributed by atoms with van der Waals surface area (Å²) in [5, 5.41) is 16.3. The van der Waals surface area contributed by atoms with E-state index in [4.69, 9.17) is 33.4 Å². The summed E-state index contributed by atoms with van der Waals surface area (Å²) >= 11 is 14.6. The van der Waals surface area contributed by atoms with Gasteiger partial charge in [0, 0.05) is 21.2 Å². The molecular formula is C50H40Cl2N4O2. The molecular weight excluding hydrogens is 759 g/mol. The van der Waals surface area contributed by atoms with Crippen LogP contribution in [0.15, 0.2) is 168 Å². The molecule has 0 aromatic heterocycles. The van der Waals surface area contributed by atoms with Crippen LogP contribution in [0.3, 0.4) is 0 Å². The predicted molar refractivity (Wildman–Crippen MR) is 234 cm³/mol. The van der Waals surface area contributed by atoms with E-state index in [9.17, 15) is 0 Å². The van der Waals surface area contributed by atoms with Crippen LogP contribution < -0.4 is 10.0 Å². The molecule has 0 amide bonds. The van der Waals surface area contributed by atoms with Crippen LogP contribution >= 0.6 is 23.2 Å². The number of Topliss-reactive ketones (excluding diaryl/α,β-unsaturated/α-hetero) is 2. The van der Waals surface area contributed by atoms with Gasteiger partial charge in [0.25, 0.3) is 0 Å². The number of anilines is 2. The Labute approximate surface area is 348 Å². The third-order valence-corrected chi connectivity index (χ3v) is 13.4. The molecule has 6 aromatic rings. The van der Waals surface area contributed by atoms with Gasteiger partial charge in [0.15, 0.2) is 11.6 Å². The lowest BCUT2D eigenvalue weighted by Gasteiger charge is -2.41. The van der Waals surface area contributed by atoms with Crippen LogP contribution in [-0.4, -0.2) is 34.1 Å². The number of nitrogens with zero attached hydrogens (tertiary/aromatic N) is 4. The van der Waals surface area contributed by atoms with E-state index >= 15 is 9.59 Å². The van der Waals surface area contributed by atoms with Crippen LogP contribution in [0.1, 0.15) is 80.5 Å². The molecule has 286 valence electrons. The summed E-state index contributed by atoms with van der Waals surface area (Å²) in [5.41, 5.74) is 5.26. The maximum Gasteiger partial charge on any atom is 0.191 e. The lowest BCUT2D eigenvalue weighted by molar-refractivity contribution is 0.0865. The second kappa shape index (κ2) is 14.5. The number of carbonyl (C=O) groups excluding carboxylic acids is 2. The summed E-state index contributed by atoms with van der Waals surface area (Å²) in [6.07, 6.45) is 3.99. The van der Waals surface area contributed by atoms with Crippen molar-refractivity contribution >= 4 is 57.6 Å². The van der Waals surface area contributed by atoms with Crippen LogP contribution in [0.2, 0.25) is 10.0 Å². The second-order valence-electron chi connectivity index (χ2n) is 15.7. The zero-order valence-corrected chi connectivity index (χ0v) is 33.3. The molecule has 2 heterocycles. The van der Waals surface area contributed by atoms with Gasteiger partial charge in [-0.15, -0.1) is 0 Å². The number of carbonyl (C=O) groups is 2. The van der Waals surface area contributed by atoms with Crippen molar-refractivity contribution in [1.29, 1.82) is 0 Å². The third-order valence-electron chi connectivity index (χ3n) is 12.7. The summed E-state index contributed by atoms with van der Waals surface area (Å²) < 4.78 is 0. The van der Waals surface area contributed by atoms with Crippen molar-refractivity contribution in [3.8, 4) is 0 Å². The largest absolute Gasteiger partial charge is 0.291 e. The van der Waals surface area contributed by atoms with E-state index in [-0.39, 0.29) is 11.6 Å². The number of aryl methyl sites for hydroxylation is 2. The topological polar surface area (TPSA) is 65.3 Å². The van der Waals surface area contributed by atoms with E-state index in [1.165, 1.54) is 0 Å². The molecule has 0 N–H and O–H groups in total. The number of hydrazone groups is 2. The Morgan fingerprint density at radius 3 is 1.24 bits per heavy atom. The number of fused-ring (bicyclic) bond motifs is 2. The minimum absolute atomic E-state index is 0.0184. The van der Waals surface area contributed by atoms with Gasteiger partial charge in [-0.1, -0.05) is 145 Å². The van der Waals surface area contributed by atoms with Crippen molar-refractivity contribution in [2.24, 2.45) is 10.2 Å². The van der Waals surface area contributed by atoms with Crippen molar-refractivity contribution in [1.82, 2.24) is 0 Å². The highest BCUT2D eigenvalue weighted by atomic mass is 35.5. The first-order valence-corrected chi connectivity index (χ1v) is 20.8. The Kier molecular flexibility index (Phi) is 9.15. The fraction of sp³-hybridized carbons (Fsp3) is 0.200. The Hall–Kier alpha value is -5.82. The number of hydrogen-bond acceptors (Lipinski definition) is 6. The van der Waals surface area contributed by atoms with Gasteiger partial charge in [-0.25, -0.2) is 0 Å². The van der Waals surface area contributed by atoms with E-state index in [1.54, 1.807) is 0 Å². The smallest absolute Gasteiger partial charge is 0.191 e. The summed E-state index contributed by atoms with van der Waals surface area (Å²) in [6.45, 7) is 0. The Morgan fingerprint density at radius 1 is 0.466 bits per heavy atom. The molecule has 58 heavy (non-hydrogen) atoms. The Bertz CT molecular complexity index is 2460. The van der Waals surface area contributed by atoms with Gasteiger partial charge >= 0.3 is 0 Å². The van der Waals surface area contributed by atoms with Crippen molar-refractivity contribution < 1.29 is 9.59 Å². The molecule has 0 unspecified atom stereocenters. The monoisotopic (exact) mass is 798 g/mol. The van der Waals surface area contributed by atoms with Gasteiger partial charge < -0.3 is 0 Å². The Balaban J connectivity index is 1.30. The van der Waals surface area contributed by atoms with Crippen LogP contribution in [0.4, 0.5) is 11.4 Å². The van der Waals surface area contributed by atoms with Gasteiger partial charge in [0.1, 0.15) is 11.1 Å². The zero-order valence-electron chi connectivity index (χ0n) is 31.8. The first-order chi connectivity index (χ1) is 28.4. The highest BCUT2D eigenvalue weighted by Gasteiger charge is 2.65. The first-order valence-electron chi connectivity index (χ1n) is 20.1. The average molecular weight is 800 g/mol. The molecule has 0 saturated heterocycles. The maximum atomic E-state index is 15.8. The highest BCUT2D eigenvalue weighted by Crippen LogP contribution is 2.56. The lowest BCUT2D eigenvalue weighted by atomic mass is 9.65. The first kappa shape index (κ1) is 36.5. The fourth-order valence-electron chi connectivity index (χ4n) is 10.2. The standard InChI is InChI=1S/C50H40Cl2N4O2/c51-41-29-13-11-27-39(41)43-45(53-55(35-21-3-1-4-22-35)49(43)31-15-19-33-17-7-9-25-37(33)47(49)57)46-44(40-28-12-14-30-42(40)52)50(56(54-46)36-23-5-2-6-24-36)32-16-20-34-18-8-10-26-38(34)48(50)58/h1-14,17-18,21-30,43-44H,15-16,19-20,31-32H2/t43-,44+,49-,50+. The molecule has 0 radical (unpaired) electrons. The molecule has 0 fully saturated rings. The van der Waals surface area contributed by atoms with E-state index in [1.807, 2.05) is 156 Å². The molecule has 2 aliphatic heterocycles. The summed E-state index contributed by atoms with van der Waals surface area (Å²) in [7, 11) is 0. The van der Waals surface area contributed by atoms with Crippen LogP contribution in [-0.2, 0) is 12.8 Å². The number of para-hydroxylation sites is 2. The molecule has 6 nitrogen and oxygen atoms in total. The van der Waals surface area contributed by atoms with E-state index < -0.39 is 22.9 Å². The third kappa shape index (κ3) is 5.53. The predicted octanol–water partition coefficient (Wildman–Crippen LogP) is 11.5. The average Bonchev–Trinajstić information content (AvgIpc) is 3.68. The van der Waals surface area contributed by atoms with Crippen molar-refractivity contribution in [2.75, 3.05) is 10.0 Å². The lowest BCUT2D eigenvalue weighted by Crippen LogP contribution is -2.56. The van der Waals surface area contributed by atoms with E-state index in [0.29, 0.717) is 45.4 Å². The fourth-order valence-corrected chi connectivity index (χ4v) is 10.7. The zero-order chi connectivity index (χ0) is 39.4. The molecule has 4 atom stereocenters. The summed E-state index contributed by atoms with van der Waals surface area (Å²) in [5.74, 6) is -1.39. The van der Waals surface area contributed by atoms with Gasteiger partial charge in [-0.05, 0) is 97.2 Å². The SMILES string of the molecule is O=C1c2ccccc2CCC[C@@]12[C@H](c1ccccc1Cl)C(C1=NN(c3ccccc3)[C@@]3(CCCc4ccccc4C3=O)[C@H]1c1ccccc1Cl)=NN2c1ccccc1.